The maximum absolute atomic E-state index is 12.3. The van der Waals surface area contributed by atoms with Gasteiger partial charge in [0.1, 0.15) is 0 Å². The molecule has 0 bridgehead atoms. The number of hydrogen-bond donors (Lipinski definition) is 2. The molecule has 5 nitrogen and oxygen atoms in total. The van der Waals surface area contributed by atoms with E-state index in [0.29, 0.717) is 13.0 Å². The van der Waals surface area contributed by atoms with Crippen molar-refractivity contribution in [2.24, 2.45) is 17.6 Å². The molecule has 1 heterocycles. The van der Waals surface area contributed by atoms with E-state index in [9.17, 15) is 9.59 Å². The van der Waals surface area contributed by atoms with E-state index in [2.05, 4.69) is 0 Å². The van der Waals surface area contributed by atoms with Crippen molar-refractivity contribution >= 4 is 11.9 Å². The van der Waals surface area contributed by atoms with Gasteiger partial charge in [0.05, 0.1) is 11.8 Å². The highest BCUT2D eigenvalue weighted by Crippen LogP contribution is 2.31. The average molecular weight is 240 g/mol. The van der Waals surface area contributed by atoms with Crippen LogP contribution in [0.3, 0.4) is 0 Å². The molecule has 2 rings (SSSR count). The van der Waals surface area contributed by atoms with E-state index in [-0.39, 0.29) is 23.9 Å². The van der Waals surface area contributed by atoms with Gasteiger partial charge in [0.15, 0.2) is 0 Å². The van der Waals surface area contributed by atoms with E-state index in [1.807, 2.05) is 6.92 Å². The molecule has 4 unspecified atom stereocenters. The molecule has 1 saturated heterocycles. The molecular formula is C12H20N2O3. The number of likely N-dealkylation sites (tertiary alicyclic amines) is 1. The van der Waals surface area contributed by atoms with E-state index >= 15 is 0 Å². The molecule has 5 heteroatoms. The monoisotopic (exact) mass is 240 g/mol. The third kappa shape index (κ3) is 2.16. The Morgan fingerprint density at radius 3 is 2.41 bits per heavy atom. The number of aliphatic carboxylic acids is 1. The summed E-state index contributed by atoms with van der Waals surface area (Å²) in [7, 11) is 0. The third-order valence-corrected chi connectivity index (χ3v) is 4.24. The highest BCUT2D eigenvalue weighted by atomic mass is 16.4. The van der Waals surface area contributed by atoms with E-state index in [1.54, 1.807) is 4.90 Å². The fourth-order valence-electron chi connectivity index (χ4n) is 3.09. The molecule has 1 amide bonds. The highest BCUT2D eigenvalue weighted by Gasteiger charge is 2.42. The Bertz CT molecular complexity index is 332. The molecule has 17 heavy (non-hydrogen) atoms. The first-order valence-electron chi connectivity index (χ1n) is 6.31. The van der Waals surface area contributed by atoms with Gasteiger partial charge < -0.3 is 15.7 Å². The fraction of sp³-hybridized carbons (Fsp3) is 0.833. The van der Waals surface area contributed by atoms with Crippen LogP contribution < -0.4 is 5.73 Å². The Morgan fingerprint density at radius 1 is 1.24 bits per heavy atom. The van der Waals surface area contributed by atoms with Crippen LogP contribution in [0, 0.1) is 11.8 Å². The maximum atomic E-state index is 12.3. The number of carboxylic acid groups (broad SMARTS) is 1. The summed E-state index contributed by atoms with van der Waals surface area (Å²) in [4.78, 5) is 25.0. The van der Waals surface area contributed by atoms with Crippen LogP contribution >= 0.6 is 0 Å². The van der Waals surface area contributed by atoms with Crippen LogP contribution in [-0.4, -0.2) is 40.5 Å². The van der Waals surface area contributed by atoms with Crippen LogP contribution in [0.5, 0.6) is 0 Å². The highest BCUT2D eigenvalue weighted by molar-refractivity contribution is 5.82. The number of carbonyl (C=O) groups is 2. The average Bonchev–Trinajstić information content (AvgIpc) is 2.83. The van der Waals surface area contributed by atoms with Gasteiger partial charge in [-0.1, -0.05) is 6.42 Å². The molecule has 0 aromatic rings. The minimum atomic E-state index is -0.802. The SMILES string of the molecule is CC1C(C(=O)O)CCN1C(=O)C1CCCC1N. The summed E-state index contributed by atoms with van der Waals surface area (Å²) < 4.78 is 0. The Balaban J connectivity index is 2.04. The predicted molar refractivity (Wildman–Crippen MR) is 62.2 cm³/mol. The van der Waals surface area contributed by atoms with Crippen LogP contribution in [0.2, 0.25) is 0 Å². The molecule has 0 spiro atoms. The Labute approximate surface area is 101 Å². The van der Waals surface area contributed by atoms with Gasteiger partial charge >= 0.3 is 5.97 Å². The minimum Gasteiger partial charge on any atom is -0.481 e. The van der Waals surface area contributed by atoms with E-state index in [0.717, 1.165) is 19.3 Å². The second-order valence-electron chi connectivity index (χ2n) is 5.21. The molecule has 0 aromatic carbocycles. The Hall–Kier alpha value is -1.10. The van der Waals surface area contributed by atoms with Crippen molar-refractivity contribution in [3.63, 3.8) is 0 Å². The maximum Gasteiger partial charge on any atom is 0.308 e. The van der Waals surface area contributed by atoms with Gasteiger partial charge in [0, 0.05) is 18.6 Å². The smallest absolute Gasteiger partial charge is 0.308 e. The second-order valence-corrected chi connectivity index (χ2v) is 5.21. The summed E-state index contributed by atoms with van der Waals surface area (Å²) in [6, 6.07) is -0.244. The molecule has 2 fully saturated rings. The summed E-state index contributed by atoms with van der Waals surface area (Å²) >= 11 is 0. The number of carboxylic acids is 1. The van der Waals surface area contributed by atoms with Gasteiger partial charge in [-0.15, -0.1) is 0 Å². The molecule has 0 aromatic heterocycles. The number of carbonyl (C=O) groups excluding carboxylic acids is 1. The van der Waals surface area contributed by atoms with Crippen molar-refractivity contribution < 1.29 is 14.7 Å². The van der Waals surface area contributed by atoms with Crippen LogP contribution in [0.1, 0.15) is 32.6 Å². The lowest BCUT2D eigenvalue weighted by Crippen LogP contribution is -2.44. The Kier molecular flexibility index (Phi) is 3.38. The van der Waals surface area contributed by atoms with Gasteiger partial charge in [0.25, 0.3) is 0 Å². The zero-order valence-corrected chi connectivity index (χ0v) is 10.1. The summed E-state index contributed by atoms with van der Waals surface area (Å²) in [5, 5.41) is 9.04. The number of nitrogens with zero attached hydrogens (tertiary/aromatic N) is 1. The number of nitrogens with two attached hydrogens (primary N) is 1. The van der Waals surface area contributed by atoms with Gasteiger partial charge in [-0.3, -0.25) is 9.59 Å². The van der Waals surface area contributed by atoms with E-state index in [1.165, 1.54) is 0 Å². The van der Waals surface area contributed by atoms with Crippen molar-refractivity contribution in [3.05, 3.63) is 0 Å². The van der Waals surface area contributed by atoms with Gasteiger partial charge in [-0.2, -0.15) is 0 Å². The third-order valence-electron chi connectivity index (χ3n) is 4.24. The van der Waals surface area contributed by atoms with Crippen LogP contribution in [0.4, 0.5) is 0 Å². The molecule has 1 aliphatic heterocycles. The second kappa shape index (κ2) is 4.64. The van der Waals surface area contributed by atoms with Crippen LogP contribution in [0.15, 0.2) is 0 Å². The topological polar surface area (TPSA) is 83.6 Å². The van der Waals surface area contributed by atoms with Crippen LogP contribution in [0.25, 0.3) is 0 Å². The first kappa shape index (κ1) is 12.4. The van der Waals surface area contributed by atoms with Crippen LogP contribution in [-0.2, 0) is 9.59 Å². The van der Waals surface area contributed by atoms with Gasteiger partial charge in [-0.25, -0.2) is 0 Å². The predicted octanol–water partition coefficient (Wildman–Crippen LogP) is 0.435. The van der Waals surface area contributed by atoms with Gasteiger partial charge in [0.2, 0.25) is 5.91 Å². The summed E-state index contributed by atoms with van der Waals surface area (Å²) in [6.07, 6.45) is 3.31. The first-order chi connectivity index (χ1) is 8.02. The molecule has 0 radical (unpaired) electrons. The minimum absolute atomic E-state index is 0.0430. The first-order valence-corrected chi connectivity index (χ1v) is 6.31. The molecule has 96 valence electrons. The lowest BCUT2D eigenvalue weighted by atomic mass is 10.00. The van der Waals surface area contributed by atoms with Crippen molar-refractivity contribution in [1.29, 1.82) is 0 Å². The quantitative estimate of drug-likeness (QED) is 0.733. The zero-order chi connectivity index (χ0) is 12.6. The fourth-order valence-corrected chi connectivity index (χ4v) is 3.09. The molecular weight excluding hydrogens is 220 g/mol. The molecule has 1 saturated carbocycles. The summed E-state index contributed by atoms with van der Waals surface area (Å²) in [5.41, 5.74) is 5.92. The zero-order valence-electron chi connectivity index (χ0n) is 10.1. The molecule has 3 N–H and O–H groups in total. The normalized spacial score (nSPS) is 37.4. The van der Waals surface area contributed by atoms with Crippen molar-refractivity contribution in [3.8, 4) is 0 Å². The van der Waals surface area contributed by atoms with Gasteiger partial charge in [-0.05, 0) is 26.2 Å². The number of rotatable bonds is 2. The van der Waals surface area contributed by atoms with Crippen molar-refractivity contribution in [1.82, 2.24) is 4.90 Å². The van der Waals surface area contributed by atoms with E-state index < -0.39 is 11.9 Å². The van der Waals surface area contributed by atoms with Crippen molar-refractivity contribution in [2.45, 2.75) is 44.7 Å². The number of amides is 1. The van der Waals surface area contributed by atoms with Crippen molar-refractivity contribution in [2.75, 3.05) is 6.54 Å². The lowest BCUT2D eigenvalue weighted by Gasteiger charge is -2.27. The molecule has 4 atom stereocenters. The molecule has 2 aliphatic rings. The summed E-state index contributed by atoms with van der Waals surface area (Å²) in [5.74, 6) is -1.25. The Morgan fingerprint density at radius 2 is 1.94 bits per heavy atom. The molecule has 1 aliphatic carbocycles. The lowest BCUT2D eigenvalue weighted by molar-refractivity contribution is -0.143. The summed E-state index contributed by atoms with van der Waals surface area (Å²) in [6.45, 7) is 2.38. The largest absolute Gasteiger partial charge is 0.481 e. The number of hydrogen-bond acceptors (Lipinski definition) is 3. The van der Waals surface area contributed by atoms with E-state index in [4.69, 9.17) is 10.8 Å². The standard InChI is InChI=1S/C12H20N2O3/c1-7-8(12(16)17)5-6-14(7)11(15)9-3-2-4-10(9)13/h7-10H,2-6,13H2,1H3,(H,16,17).